The summed E-state index contributed by atoms with van der Waals surface area (Å²) in [4.78, 5) is 15.1. The van der Waals surface area contributed by atoms with Crippen molar-refractivity contribution in [2.75, 3.05) is 7.11 Å². The average Bonchev–Trinajstić information content (AvgIpc) is 3.21. The van der Waals surface area contributed by atoms with Gasteiger partial charge in [-0.15, -0.1) is 0 Å². The number of benzene rings is 1. The molecule has 3 heterocycles. The Bertz CT molecular complexity index is 754. The van der Waals surface area contributed by atoms with Crippen molar-refractivity contribution in [3.05, 3.63) is 47.8 Å². The van der Waals surface area contributed by atoms with Crippen LogP contribution in [0.5, 0.6) is 5.75 Å². The highest BCUT2D eigenvalue weighted by Gasteiger charge is 2.43. The molecule has 0 N–H and O–H groups in total. The fourth-order valence-corrected chi connectivity index (χ4v) is 4.58. The first-order valence-corrected chi connectivity index (χ1v) is 9.59. The van der Waals surface area contributed by atoms with Gasteiger partial charge in [0.2, 0.25) is 5.91 Å². The Balaban J connectivity index is 1.36. The zero-order chi connectivity index (χ0) is 18.1. The third kappa shape index (κ3) is 3.35. The van der Waals surface area contributed by atoms with Gasteiger partial charge in [-0.3, -0.25) is 9.48 Å². The number of aryl methyl sites for hydroxylation is 2. The molecule has 2 fully saturated rings. The van der Waals surface area contributed by atoms with Gasteiger partial charge in [-0.1, -0.05) is 12.1 Å². The Kier molecular flexibility index (Phi) is 4.70. The minimum absolute atomic E-state index is 0.309. The SMILES string of the molecule is COc1ccc(CCC(=O)N2C3CCC2CC(n2cc(C)cn2)C3)cc1. The van der Waals surface area contributed by atoms with Crippen molar-refractivity contribution in [2.24, 2.45) is 0 Å². The molecule has 26 heavy (non-hydrogen) atoms. The highest BCUT2D eigenvalue weighted by Crippen LogP contribution is 2.41. The molecular formula is C21H27N3O2. The number of hydrogen-bond acceptors (Lipinski definition) is 3. The highest BCUT2D eigenvalue weighted by molar-refractivity contribution is 5.77. The number of ether oxygens (including phenoxy) is 1. The molecule has 2 bridgehead atoms. The van der Waals surface area contributed by atoms with Gasteiger partial charge in [0.25, 0.3) is 0 Å². The van der Waals surface area contributed by atoms with Crippen molar-refractivity contribution in [1.29, 1.82) is 0 Å². The number of carbonyl (C=O) groups excluding carboxylic acids is 1. The van der Waals surface area contributed by atoms with Crippen LogP contribution in [0.1, 0.15) is 49.3 Å². The molecule has 5 nitrogen and oxygen atoms in total. The highest BCUT2D eigenvalue weighted by atomic mass is 16.5. The van der Waals surface area contributed by atoms with E-state index >= 15 is 0 Å². The fourth-order valence-electron chi connectivity index (χ4n) is 4.58. The van der Waals surface area contributed by atoms with E-state index in [0.29, 0.717) is 30.5 Å². The normalized spacial score (nSPS) is 24.7. The van der Waals surface area contributed by atoms with Crippen LogP contribution in [0.4, 0.5) is 0 Å². The molecule has 0 radical (unpaired) electrons. The summed E-state index contributed by atoms with van der Waals surface area (Å²) in [6.45, 7) is 2.08. The maximum absolute atomic E-state index is 12.9. The molecule has 138 valence electrons. The monoisotopic (exact) mass is 353 g/mol. The van der Waals surface area contributed by atoms with Gasteiger partial charge in [-0.2, -0.15) is 5.10 Å². The molecule has 5 heteroatoms. The van der Waals surface area contributed by atoms with Crippen molar-refractivity contribution in [3.63, 3.8) is 0 Å². The molecule has 2 aliphatic rings. The first kappa shape index (κ1) is 17.1. The Morgan fingerprint density at radius 2 is 1.85 bits per heavy atom. The lowest BCUT2D eigenvalue weighted by Gasteiger charge is -2.39. The molecule has 2 aromatic rings. The number of methoxy groups -OCH3 is 1. The van der Waals surface area contributed by atoms with Gasteiger partial charge in [0.1, 0.15) is 5.75 Å². The number of aromatic nitrogens is 2. The van der Waals surface area contributed by atoms with Gasteiger partial charge in [-0.25, -0.2) is 0 Å². The van der Waals surface area contributed by atoms with Gasteiger partial charge in [0.15, 0.2) is 0 Å². The summed E-state index contributed by atoms with van der Waals surface area (Å²) in [6.07, 6.45) is 9.77. The van der Waals surface area contributed by atoms with E-state index < -0.39 is 0 Å². The smallest absolute Gasteiger partial charge is 0.223 e. The molecule has 0 saturated carbocycles. The number of amides is 1. The van der Waals surface area contributed by atoms with E-state index in [4.69, 9.17) is 4.74 Å². The molecule has 2 atom stereocenters. The predicted molar refractivity (Wildman–Crippen MR) is 100 cm³/mol. The minimum atomic E-state index is 0.309. The van der Waals surface area contributed by atoms with E-state index in [1.54, 1.807) is 7.11 Å². The maximum Gasteiger partial charge on any atom is 0.223 e. The lowest BCUT2D eigenvalue weighted by atomic mass is 9.96. The van der Waals surface area contributed by atoms with Crippen LogP contribution in [0.2, 0.25) is 0 Å². The fraction of sp³-hybridized carbons (Fsp3) is 0.524. The maximum atomic E-state index is 12.9. The van der Waals surface area contributed by atoms with E-state index in [1.165, 1.54) is 11.1 Å². The van der Waals surface area contributed by atoms with Crippen LogP contribution in [0, 0.1) is 6.92 Å². The van der Waals surface area contributed by atoms with Crippen molar-refractivity contribution < 1.29 is 9.53 Å². The van der Waals surface area contributed by atoms with Crippen molar-refractivity contribution in [2.45, 2.75) is 63.6 Å². The molecule has 0 aliphatic carbocycles. The van der Waals surface area contributed by atoms with Gasteiger partial charge >= 0.3 is 0 Å². The second kappa shape index (κ2) is 7.14. The number of rotatable bonds is 5. The summed E-state index contributed by atoms with van der Waals surface area (Å²) < 4.78 is 7.30. The van der Waals surface area contributed by atoms with E-state index in [2.05, 4.69) is 27.8 Å². The zero-order valence-corrected chi connectivity index (χ0v) is 15.6. The number of hydrogen-bond donors (Lipinski definition) is 0. The Morgan fingerprint density at radius 1 is 1.15 bits per heavy atom. The summed E-state index contributed by atoms with van der Waals surface area (Å²) in [7, 11) is 1.67. The molecular weight excluding hydrogens is 326 g/mol. The quantitative estimate of drug-likeness (QED) is 0.826. The second-order valence-corrected chi connectivity index (χ2v) is 7.66. The van der Waals surface area contributed by atoms with Crippen molar-refractivity contribution in [1.82, 2.24) is 14.7 Å². The van der Waals surface area contributed by atoms with Crippen LogP contribution >= 0.6 is 0 Å². The molecule has 1 aromatic carbocycles. The van der Waals surface area contributed by atoms with Crippen LogP contribution in [-0.4, -0.2) is 39.8 Å². The third-order valence-corrected chi connectivity index (χ3v) is 5.89. The first-order valence-electron chi connectivity index (χ1n) is 9.59. The zero-order valence-electron chi connectivity index (χ0n) is 15.6. The largest absolute Gasteiger partial charge is 0.497 e. The van der Waals surface area contributed by atoms with E-state index in [1.807, 2.05) is 30.5 Å². The molecule has 2 saturated heterocycles. The van der Waals surface area contributed by atoms with Gasteiger partial charge in [-0.05, 0) is 62.3 Å². The molecule has 0 spiro atoms. The van der Waals surface area contributed by atoms with Crippen molar-refractivity contribution in [3.8, 4) is 5.75 Å². The molecule has 1 amide bonds. The second-order valence-electron chi connectivity index (χ2n) is 7.66. The van der Waals surface area contributed by atoms with Crippen LogP contribution in [-0.2, 0) is 11.2 Å². The summed E-state index contributed by atoms with van der Waals surface area (Å²) >= 11 is 0. The van der Waals surface area contributed by atoms with Gasteiger partial charge < -0.3 is 9.64 Å². The predicted octanol–water partition coefficient (Wildman–Crippen LogP) is 3.53. The Labute approximate surface area is 154 Å². The Morgan fingerprint density at radius 3 is 2.42 bits per heavy atom. The van der Waals surface area contributed by atoms with Crippen LogP contribution in [0.15, 0.2) is 36.7 Å². The number of carbonyl (C=O) groups is 1. The molecule has 1 aromatic heterocycles. The van der Waals surface area contributed by atoms with E-state index in [9.17, 15) is 4.79 Å². The Hall–Kier alpha value is -2.30. The van der Waals surface area contributed by atoms with Crippen molar-refractivity contribution >= 4 is 5.91 Å². The third-order valence-electron chi connectivity index (χ3n) is 5.89. The van der Waals surface area contributed by atoms with E-state index in [-0.39, 0.29) is 0 Å². The van der Waals surface area contributed by atoms with Crippen LogP contribution in [0.25, 0.3) is 0 Å². The number of piperidine rings is 1. The van der Waals surface area contributed by atoms with Crippen LogP contribution in [0.3, 0.4) is 0 Å². The topological polar surface area (TPSA) is 47.4 Å². The molecule has 2 unspecified atom stereocenters. The average molecular weight is 353 g/mol. The number of nitrogens with zero attached hydrogens (tertiary/aromatic N) is 3. The first-order chi connectivity index (χ1) is 12.6. The van der Waals surface area contributed by atoms with E-state index in [0.717, 1.165) is 37.9 Å². The van der Waals surface area contributed by atoms with Crippen LogP contribution < -0.4 is 4.74 Å². The summed E-state index contributed by atoms with van der Waals surface area (Å²) in [5.74, 6) is 1.16. The summed E-state index contributed by atoms with van der Waals surface area (Å²) in [5, 5.41) is 4.50. The summed E-state index contributed by atoms with van der Waals surface area (Å²) in [6, 6.07) is 9.22. The lowest BCUT2D eigenvalue weighted by Crippen LogP contribution is -2.47. The minimum Gasteiger partial charge on any atom is -0.497 e. The van der Waals surface area contributed by atoms with Gasteiger partial charge in [0, 0.05) is 24.7 Å². The molecule has 2 aliphatic heterocycles. The number of fused-ring (bicyclic) bond motifs is 2. The summed E-state index contributed by atoms with van der Waals surface area (Å²) in [5.41, 5.74) is 2.39. The lowest BCUT2D eigenvalue weighted by molar-refractivity contribution is -0.136. The van der Waals surface area contributed by atoms with Gasteiger partial charge in [0.05, 0.1) is 19.3 Å². The molecule has 4 rings (SSSR count). The standard InChI is InChI=1S/C21H27N3O2/c1-15-13-22-23(14-15)19-11-17-6-7-18(12-19)24(17)21(25)10-5-16-3-8-20(26-2)9-4-16/h3-4,8-9,13-14,17-19H,5-7,10-12H2,1-2H3.